The zero-order chi connectivity index (χ0) is 20.4. The van der Waals surface area contributed by atoms with Crippen molar-refractivity contribution in [1.29, 1.82) is 0 Å². The lowest BCUT2D eigenvalue weighted by atomic mass is 9.75. The molecule has 8 nitrogen and oxygen atoms in total. The molecule has 2 saturated heterocycles. The van der Waals surface area contributed by atoms with Crippen molar-refractivity contribution in [2.75, 3.05) is 19.7 Å². The first-order valence-electron chi connectivity index (χ1n) is 10.2. The Balaban J connectivity index is 1.51. The third-order valence-electron chi connectivity index (χ3n) is 6.08. The fraction of sp³-hybridized carbons (Fsp3) is 0.750. The molecule has 0 unspecified atom stereocenters. The molecular formula is C20H32N4O4. The Morgan fingerprint density at radius 3 is 2.71 bits per heavy atom. The highest BCUT2D eigenvalue weighted by Crippen LogP contribution is 2.39. The molecular weight excluding hydrogens is 360 g/mol. The highest BCUT2D eigenvalue weighted by Gasteiger charge is 2.49. The van der Waals surface area contributed by atoms with E-state index in [2.05, 4.69) is 17.2 Å². The van der Waals surface area contributed by atoms with Crippen molar-refractivity contribution in [3.8, 4) is 0 Å². The zero-order valence-electron chi connectivity index (χ0n) is 17.1. The number of imidazole rings is 1. The average Bonchev–Trinajstić information content (AvgIpc) is 3.10. The predicted octanol–water partition coefficient (Wildman–Crippen LogP) is 0.873. The summed E-state index contributed by atoms with van der Waals surface area (Å²) in [6.45, 7) is 7.45. The maximum atomic E-state index is 12.6. The van der Waals surface area contributed by atoms with Crippen LogP contribution in [-0.4, -0.2) is 68.3 Å². The third kappa shape index (κ3) is 4.55. The maximum Gasteiger partial charge on any atom is 0.224 e. The number of ether oxygens (including phenoxy) is 1. The lowest BCUT2D eigenvalue weighted by molar-refractivity contribution is -0.190. The van der Waals surface area contributed by atoms with Gasteiger partial charge in [-0.1, -0.05) is 6.92 Å². The molecule has 1 spiro atoms. The van der Waals surface area contributed by atoms with Crippen LogP contribution in [-0.2, 0) is 27.3 Å². The summed E-state index contributed by atoms with van der Waals surface area (Å²) in [7, 11) is 0. The minimum atomic E-state index is -1.02. The molecule has 2 amide bonds. The summed E-state index contributed by atoms with van der Waals surface area (Å²) in [4.78, 5) is 30.2. The van der Waals surface area contributed by atoms with Crippen LogP contribution in [0.3, 0.4) is 0 Å². The molecule has 3 heterocycles. The standard InChI is InChI=1S/C20H32N4O4/c1-4-17-21-8-12-23(17)9-5-18(26)24-10-6-20(7-11-24)14-19(3,27)16(13-28-20)22-15(2)25/h8,12,16,27H,4-7,9-11,13-14H2,1-3H3,(H,22,25)/t16-,19-/m0/s1. The summed E-state index contributed by atoms with van der Waals surface area (Å²) < 4.78 is 8.14. The molecule has 0 aromatic carbocycles. The Bertz CT molecular complexity index is 707. The molecule has 0 saturated carbocycles. The number of aromatic nitrogens is 2. The number of carbonyl (C=O) groups is 2. The van der Waals surface area contributed by atoms with Crippen LogP contribution in [0, 0.1) is 0 Å². The summed E-state index contributed by atoms with van der Waals surface area (Å²) in [5.74, 6) is 0.968. The van der Waals surface area contributed by atoms with E-state index in [4.69, 9.17) is 4.74 Å². The van der Waals surface area contributed by atoms with Crippen LogP contribution in [0.2, 0.25) is 0 Å². The van der Waals surface area contributed by atoms with Gasteiger partial charge in [-0.15, -0.1) is 0 Å². The molecule has 0 aliphatic carbocycles. The Labute approximate surface area is 166 Å². The van der Waals surface area contributed by atoms with Gasteiger partial charge >= 0.3 is 0 Å². The molecule has 2 aliphatic rings. The van der Waals surface area contributed by atoms with Crippen LogP contribution in [0.5, 0.6) is 0 Å². The highest BCUT2D eigenvalue weighted by atomic mass is 16.5. The largest absolute Gasteiger partial charge is 0.388 e. The number of piperidine rings is 1. The van der Waals surface area contributed by atoms with E-state index in [9.17, 15) is 14.7 Å². The summed E-state index contributed by atoms with van der Waals surface area (Å²) in [6.07, 6.45) is 6.86. The fourth-order valence-electron chi connectivity index (χ4n) is 4.43. The minimum Gasteiger partial charge on any atom is -0.388 e. The summed E-state index contributed by atoms with van der Waals surface area (Å²) in [5.41, 5.74) is -1.44. The first-order chi connectivity index (χ1) is 13.2. The summed E-state index contributed by atoms with van der Waals surface area (Å²) in [6, 6.07) is -0.404. The van der Waals surface area contributed by atoms with Gasteiger partial charge < -0.3 is 24.6 Å². The molecule has 3 rings (SSSR count). The van der Waals surface area contributed by atoms with Crippen LogP contribution in [0.4, 0.5) is 0 Å². The molecule has 2 fully saturated rings. The van der Waals surface area contributed by atoms with Gasteiger partial charge in [0, 0.05) is 58.2 Å². The number of likely N-dealkylation sites (tertiary alicyclic amines) is 1. The van der Waals surface area contributed by atoms with Gasteiger partial charge in [-0.25, -0.2) is 4.98 Å². The van der Waals surface area contributed by atoms with E-state index in [-0.39, 0.29) is 11.8 Å². The number of amides is 2. The van der Waals surface area contributed by atoms with Crippen molar-refractivity contribution >= 4 is 11.8 Å². The van der Waals surface area contributed by atoms with Gasteiger partial charge in [0.1, 0.15) is 5.82 Å². The van der Waals surface area contributed by atoms with E-state index in [0.29, 0.717) is 51.9 Å². The van der Waals surface area contributed by atoms with Gasteiger partial charge in [0.05, 0.1) is 23.9 Å². The Morgan fingerprint density at radius 2 is 2.11 bits per heavy atom. The molecule has 0 radical (unpaired) electrons. The van der Waals surface area contributed by atoms with Crippen LogP contribution < -0.4 is 5.32 Å². The molecule has 2 aliphatic heterocycles. The van der Waals surface area contributed by atoms with E-state index in [1.807, 2.05) is 15.7 Å². The molecule has 156 valence electrons. The van der Waals surface area contributed by atoms with Gasteiger partial charge in [0.2, 0.25) is 11.8 Å². The predicted molar refractivity (Wildman–Crippen MR) is 104 cm³/mol. The van der Waals surface area contributed by atoms with Gasteiger partial charge in [0.15, 0.2) is 0 Å². The van der Waals surface area contributed by atoms with Gasteiger partial charge in [-0.05, 0) is 19.8 Å². The van der Waals surface area contributed by atoms with Gasteiger partial charge in [0.25, 0.3) is 0 Å². The van der Waals surface area contributed by atoms with Crippen molar-refractivity contribution in [3.05, 3.63) is 18.2 Å². The molecule has 8 heteroatoms. The molecule has 1 aromatic rings. The van der Waals surface area contributed by atoms with Crippen LogP contribution in [0.15, 0.2) is 12.4 Å². The van der Waals surface area contributed by atoms with Crippen molar-refractivity contribution < 1.29 is 19.4 Å². The van der Waals surface area contributed by atoms with Gasteiger partial charge in [-0.3, -0.25) is 9.59 Å². The Kier molecular flexibility index (Phi) is 6.09. The van der Waals surface area contributed by atoms with E-state index in [1.54, 1.807) is 13.1 Å². The smallest absolute Gasteiger partial charge is 0.224 e. The Morgan fingerprint density at radius 1 is 1.39 bits per heavy atom. The lowest BCUT2D eigenvalue weighted by Gasteiger charge is -2.51. The van der Waals surface area contributed by atoms with Crippen molar-refractivity contribution in [1.82, 2.24) is 19.8 Å². The quantitative estimate of drug-likeness (QED) is 0.775. The number of hydrogen-bond donors (Lipinski definition) is 2. The number of nitrogens with one attached hydrogen (secondary N) is 1. The molecule has 2 atom stereocenters. The fourth-order valence-corrected chi connectivity index (χ4v) is 4.43. The van der Waals surface area contributed by atoms with E-state index in [1.165, 1.54) is 6.92 Å². The van der Waals surface area contributed by atoms with Crippen LogP contribution in [0.25, 0.3) is 0 Å². The number of carbonyl (C=O) groups excluding carboxylic acids is 2. The number of rotatable bonds is 5. The second-order valence-corrected chi connectivity index (χ2v) is 8.30. The van der Waals surface area contributed by atoms with Crippen LogP contribution >= 0.6 is 0 Å². The third-order valence-corrected chi connectivity index (χ3v) is 6.08. The second kappa shape index (κ2) is 8.21. The summed E-state index contributed by atoms with van der Waals surface area (Å²) >= 11 is 0. The monoisotopic (exact) mass is 392 g/mol. The number of aliphatic hydroxyl groups is 1. The van der Waals surface area contributed by atoms with Gasteiger partial charge in [-0.2, -0.15) is 0 Å². The van der Waals surface area contributed by atoms with E-state index in [0.717, 1.165) is 12.2 Å². The SMILES string of the molecule is CCc1nccn1CCC(=O)N1CCC2(CC1)C[C@](C)(O)[C@@H](NC(C)=O)CO2. The van der Waals surface area contributed by atoms with E-state index < -0.39 is 17.2 Å². The number of aryl methyl sites for hydroxylation is 2. The molecule has 0 bridgehead atoms. The highest BCUT2D eigenvalue weighted by molar-refractivity contribution is 5.76. The van der Waals surface area contributed by atoms with Crippen LogP contribution in [0.1, 0.15) is 52.3 Å². The number of nitrogens with zero attached hydrogens (tertiary/aromatic N) is 3. The minimum absolute atomic E-state index is 0.143. The van der Waals surface area contributed by atoms with Crippen molar-refractivity contribution in [3.63, 3.8) is 0 Å². The summed E-state index contributed by atoms with van der Waals surface area (Å²) in [5, 5.41) is 13.6. The second-order valence-electron chi connectivity index (χ2n) is 8.30. The molecule has 28 heavy (non-hydrogen) atoms. The maximum absolute atomic E-state index is 12.6. The Hall–Kier alpha value is -1.93. The van der Waals surface area contributed by atoms with E-state index >= 15 is 0 Å². The first-order valence-corrected chi connectivity index (χ1v) is 10.2. The van der Waals surface area contributed by atoms with Crippen molar-refractivity contribution in [2.24, 2.45) is 0 Å². The first kappa shape index (κ1) is 20.8. The molecule has 2 N–H and O–H groups in total. The normalized spacial score (nSPS) is 27.0. The van der Waals surface area contributed by atoms with Crippen molar-refractivity contribution in [2.45, 2.75) is 76.7 Å². The number of hydrogen-bond acceptors (Lipinski definition) is 5. The average molecular weight is 393 g/mol. The zero-order valence-corrected chi connectivity index (χ0v) is 17.1. The lowest BCUT2D eigenvalue weighted by Crippen LogP contribution is -2.64. The topological polar surface area (TPSA) is 96.7 Å². The molecule has 1 aromatic heterocycles.